The van der Waals surface area contributed by atoms with E-state index in [1.54, 1.807) is 0 Å². The Balaban J connectivity index is 4.15. The summed E-state index contributed by atoms with van der Waals surface area (Å²) >= 11 is 5.06. The number of ether oxygens (including phenoxy) is 2. The first-order chi connectivity index (χ1) is 5.17. The van der Waals surface area contributed by atoms with Crippen LogP contribution in [-0.2, 0) is 19.1 Å². The van der Waals surface area contributed by atoms with Gasteiger partial charge < -0.3 is 9.47 Å². The second-order valence-corrected chi connectivity index (χ2v) is 1.81. The summed E-state index contributed by atoms with van der Waals surface area (Å²) in [5.74, 6) is -1.57. The predicted molar refractivity (Wildman–Crippen MR) is 36.8 cm³/mol. The summed E-state index contributed by atoms with van der Waals surface area (Å²) in [6, 6.07) is -1.26. The zero-order valence-corrected chi connectivity index (χ0v) is 6.84. The molecule has 0 fully saturated rings. The fourth-order valence-corrected chi connectivity index (χ4v) is 0.599. The minimum Gasteiger partial charge on any atom is -0.467 e. The van der Waals surface area contributed by atoms with Gasteiger partial charge in [-0.2, -0.15) is 0 Å². The van der Waals surface area contributed by atoms with E-state index >= 15 is 0 Å². The lowest BCUT2D eigenvalue weighted by Crippen LogP contribution is -2.40. The summed E-state index contributed by atoms with van der Waals surface area (Å²) in [5.41, 5.74) is 0. The second-order valence-electron chi connectivity index (χ2n) is 1.59. The van der Waals surface area contributed by atoms with Gasteiger partial charge in [0.15, 0.2) is 0 Å². The maximum atomic E-state index is 10.7. The zero-order valence-electron chi connectivity index (χ0n) is 6.09. The molecule has 0 amide bonds. The standard InChI is InChI=1S/C5H8ClNO4/c1-10-4(8)3(7-6)5(9)11-2/h3,7H,1-2H3. The Bertz CT molecular complexity index is 145. The Morgan fingerprint density at radius 2 is 1.64 bits per heavy atom. The first-order valence-corrected chi connectivity index (χ1v) is 3.07. The maximum absolute atomic E-state index is 10.7. The Morgan fingerprint density at radius 3 is 1.82 bits per heavy atom. The quantitative estimate of drug-likeness (QED) is 0.359. The number of esters is 2. The molecule has 0 rings (SSSR count). The highest BCUT2D eigenvalue weighted by Gasteiger charge is 2.27. The van der Waals surface area contributed by atoms with E-state index < -0.39 is 18.0 Å². The molecule has 0 bridgehead atoms. The highest BCUT2D eigenvalue weighted by atomic mass is 35.5. The Labute approximate surface area is 68.7 Å². The lowest BCUT2D eigenvalue weighted by atomic mass is 10.3. The summed E-state index contributed by atoms with van der Waals surface area (Å²) in [7, 11) is 2.29. The Hall–Kier alpha value is -0.810. The molecule has 5 nitrogen and oxygen atoms in total. The van der Waals surface area contributed by atoms with Crippen LogP contribution in [0.1, 0.15) is 0 Å². The Morgan fingerprint density at radius 1 is 1.27 bits per heavy atom. The van der Waals surface area contributed by atoms with E-state index in [4.69, 9.17) is 11.8 Å². The summed E-state index contributed by atoms with van der Waals surface area (Å²) in [4.78, 5) is 23.3. The molecule has 0 aromatic rings. The second kappa shape index (κ2) is 4.92. The van der Waals surface area contributed by atoms with Gasteiger partial charge in [0.25, 0.3) is 0 Å². The minimum absolute atomic E-state index is 0.785. The molecule has 1 N–H and O–H groups in total. The third-order valence-electron chi connectivity index (χ3n) is 0.983. The summed E-state index contributed by atoms with van der Waals surface area (Å²) in [5, 5.41) is 0. The molecule has 0 spiro atoms. The van der Waals surface area contributed by atoms with Crippen molar-refractivity contribution in [3.8, 4) is 0 Å². The van der Waals surface area contributed by atoms with Gasteiger partial charge in [-0.25, -0.2) is 14.4 Å². The van der Waals surface area contributed by atoms with Crippen LogP contribution in [0.5, 0.6) is 0 Å². The third kappa shape index (κ3) is 2.73. The molecule has 0 aromatic heterocycles. The monoisotopic (exact) mass is 181 g/mol. The molecule has 0 atom stereocenters. The first kappa shape index (κ1) is 10.2. The molecule has 0 aliphatic rings. The molecule has 0 saturated heterocycles. The molecule has 0 aromatic carbocycles. The summed E-state index contributed by atoms with van der Waals surface area (Å²) < 4.78 is 8.48. The average molecular weight is 182 g/mol. The highest BCUT2D eigenvalue weighted by molar-refractivity contribution is 6.17. The van der Waals surface area contributed by atoms with Gasteiger partial charge in [-0.3, -0.25) is 0 Å². The number of hydrogen-bond donors (Lipinski definition) is 1. The molecule has 0 aliphatic carbocycles. The van der Waals surface area contributed by atoms with Crippen molar-refractivity contribution < 1.29 is 19.1 Å². The van der Waals surface area contributed by atoms with E-state index in [1.165, 1.54) is 0 Å². The molecule has 64 valence electrons. The lowest BCUT2D eigenvalue weighted by molar-refractivity contribution is -0.154. The van der Waals surface area contributed by atoms with Crippen LogP contribution in [0.3, 0.4) is 0 Å². The van der Waals surface area contributed by atoms with Gasteiger partial charge in [0.05, 0.1) is 14.2 Å². The van der Waals surface area contributed by atoms with Crippen molar-refractivity contribution in [3.63, 3.8) is 0 Å². The van der Waals surface area contributed by atoms with E-state index in [9.17, 15) is 9.59 Å². The summed E-state index contributed by atoms with van der Waals surface area (Å²) in [6.07, 6.45) is 0. The van der Waals surface area contributed by atoms with E-state index in [0.29, 0.717) is 0 Å². The van der Waals surface area contributed by atoms with Gasteiger partial charge in [-0.1, -0.05) is 0 Å². The number of nitrogens with one attached hydrogen (secondary N) is 1. The van der Waals surface area contributed by atoms with Crippen molar-refractivity contribution >= 4 is 23.7 Å². The average Bonchev–Trinajstić information content (AvgIpc) is 2.05. The molecule has 0 heterocycles. The van der Waals surface area contributed by atoms with E-state index in [0.717, 1.165) is 14.2 Å². The fourth-order valence-electron chi connectivity index (χ4n) is 0.421. The van der Waals surface area contributed by atoms with E-state index in [1.807, 2.05) is 4.84 Å². The van der Waals surface area contributed by atoms with Crippen LogP contribution in [0.4, 0.5) is 0 Å². The number of methoxy groups -OCH3 is 2. The van der Waals surface area contributed by atoms with Crippen LogP contribution in [0, 0.1) is 0 Å². The number of carbonyl (C=O) groups is 2. The maximum Gasteiger partial charge on any atom is 0.335 e. The molecular weight excluding hydrogens is 174 g/mol. The minimum atomic E-state index is -1.26. The van der Waals surface area contributed by atoms with Crippen molar-refractivity contribution in [3.05, 3.63) is 0 Å². The van der Waals surface area contributed by atoms with Crippen LogP contribution in [0.25, 0.3) is 0 Å². The van der Waals surface area contributed by atoms with Crippen molar-refractivity contribution in [2.24, 2.45) is 0 Å². The van der Waals surface area contributed by atoms with Gasteiger partial charge in [0.2, 0.25) is 6.04 Å². The van der Waals surface area contributed by atoms with Crippen LogP contribution in [0.2, 0.25) is 0 Å². The topological polar surface area (TPSA) is 64.6 Å². The lowest BCUT2D eigenvalue weighted by Gasteiger charge is -2.08. The molecule has 0 unspecified atom stereocenters. The van der Waals surface area contributed by atoms with E-state index in [2.05, 4.69) is 9.47 Å². The number of rotatable bonds is 3. The van der Waals surface area contributed by atoms with Gasteiger partial charge in [0, 0.05) is 0 Å². The van der Waals surface area contributed by atoms with Crippen LogP contribution in [-0.4, -0.2) is 32.2 Å². The smallest absolute Gasteiger partial charge is 0.335 e. The number of hydrogen-bond acceptors (Lipinski definition) is 5. The van der Waals surface area contributed by atoms with Gasteiger partial charge in [0.1, 0.15) is 0 Å². The predicted octanol–water partition coefficient (Wildman–Crippen LogP) is -0.556. The van der Waals surface area contributed by atoms with Crippen LogP contribution in [0.15, 0.2) is 0 Å². The zero-order chi connectivity index (χ0) is 8.85. The normalized spacial score (nSPS) is 9.45. The third-order valence-corrected chi connectivity index (χ3v) is 1.20. The molecule has 11 heavy (non-hydrogen) atoms. The molecular formula is C5H8ClNO4. The van der Waals surface area contributed by atoms with Crippen LogP contribution >= 0.6 is 11.8 Å². The van der Waals surface area contributed by atoms with Crippen LogP contribution < -0.4 is 4.84 Å². The highest BCUT2D eigenvalue weighted by Crippen LogP contribution is 1.92. The van der Waals surface area contributed by atoms with Crippen molar-refractivity contribution in [1.82, 2.24) is 4.84 Å². The number of carbonyl (C=O) groups excluding carboxylic acids is 2. The Kier molecular flexibility index (Phi) is 4.56. The molecule has 0 saturated carbocycles. The van der Waals surface area contributed by atoms with E-state index in [-0.39, 0.29) is 0 Å². The first-order valence-electron chi connectivity index (χ1n) is 2.69. The van der Waals surface area contributed by atoms with Crippen molar-refractivity contribution in [2.75, 3.05) is 14.2 Å². The van der Waals surface area contributed by atoms with Crippen molar-refractivity contribution in [2.45, 2.75) is 6.04 Å². The van der Waals surface area contributed by atoms with Gasteiger partial charge >= 0.3 is 11.9 Å². The fraction of sp³-hybridized carbons (Fsp3) is 0.600. The van der Waals surface area contributed by atoms with Gasteiger partial charge in [-0.15, -0.1) is 0 Å². The molecule has 6 heteroatoms. The SMILES string of the molecule is COC(=O)C(NCl)C(=O)OC. The molecule has 0 radical (unpaired) electrons. The van der Waals surface area contributed by atoms with Gasteiger partial charge in [-0.05, 0) is 11.8 Å². The largest absolute Gasteiger partial charge is 0.467 e. The molecule has 0 aliphatic heterocycles. The van der Waals surface area contributed by atoms with Crippen molar-refractivity contribution in [1.29, 1.82) is 0 Å². The summed E-state index contributed by atoms with van der Waals surface area (Å²) in [6.45, 7) is 0. The number of halogens is 1.